The van der Waals surface area contributed by atoms with E-state index < -0.39 is 9.84 Å². The third kappa shape index (κ3) is 3.45. The average molecular weight is 293 g/mol. The number of aromatic nitrogens is 3. The topological polar surface area (TPSA) is 64.8 Å². The van der Waals surface area contributed by atoms with E-state index in [9.17, 15) is 8.42 Å². The maximum absolute atomic E-state index is 12.2. The Bertz CT molecular complexity index is 705. The van der Waals surface area contributed by atoms with Crippen molar-refractivity contribution in [2.75, 3.05) is 5.75 Å². The number of sulfone groups is 1. The second kappa shape index (κ2) is 5.75. The molecule has 0 saturated carbocycles. The van der Waals surface area contributed by atoms with Gasteiger partial charge >= 0.3 is 0 Å². The van der Waals surface area contributed by atoms with Gasteiger partial charge < -0.3 is 0 Å². The van der Waals surface area contributed by atoms with Gasteiger partial charge in [0, 0.05) is 6.54 Å². The van der Waals surface area contributed by atoms with Crippen LogP contribution in [0.25, 0.3) is 0 Å². The molecule has 20 heavy (non-hydrogen) atoms. The number of nitrogens with zero attached hydrogens (tertiary/aromatic N) is 3. The number of hydrogen-bond donors (Lipinski definition) is 0. The highest BCUT2D eigenvalue weighted by Crippen LogP contribution is 2.14. The molecule has 0 N–H and O–H groups in total. The van der Waals surface area contributed by atoms with Crippen LogP contribution in [-0.4, -0.2) is 28.9 Å². The van der Waals surface area contributed by atoms with E-state index in [1.165, 1.54) is 0 Å². The normalized spacial score (nSPS) is 11.8. The standard InChI is InChI=1S/C14H19N3O2S/c1-11-6-4-7-14(10-11)20(18,19)9-5-8-17-13(3)15-12(2)16-17/h4,6-7,10H,5,8-9H2,1-3H3. The van der Waals surface area contributed by atoms with Gasteiger partial charge in [0.05, 0.1) is 10.6 Å². The second-order valence-corrected chi connectivity index (χ2v) is 7.03. The first-order chi connectivity index (χ1) is 9.38. The van der Waals surface area contributed by atoms with Gasteiger partial charge in [-0.25, -0.2) is 13.4 Å². The number of rotatable bonds is 5. The molecule has 0 saturated heterocycles. The van der Waals surface area contributed by atoms with Gasteiger partial charge in [-0.05, 0) is 44.9 Å². The van der Waals surface area contributed by atoms with E-state index in [0.29, 0.717) is 23.7 Å². The lowest BCUT2D eigenvalue weighted by molar-refractivity contribution is 0.562. The Morgan fingerprint density at radius 1 is 1.20 bits per heavy atom. The minimum Gasteiger partial charge on any atom is -0.250 e. The fraction of sp³-hybridized carbons (Fsp3) is 0.429. The van der Waals surface area contributed by atoms with Gasteiger partial charge in [-0.3, -0.25) is 4.68 Å². The predicted molar refractivity (Wildman–Crippen MR) is 77.3 cm³/mol. The molecule has 0 spiro atoms. The van der Waals surface area contributed by atoms with Gasteiger partial charge in [0.15, 0.2) is 9.84 Å². The molecule has 0 bridgehead atoms. The molecule has 0 unspecified atom stereocenters. The fourth-order valence-electron chi connectivity index (χ4n) is 2.10. The maximum atomic E-state index is 12.2. The highest BCUT2D eigenvalue weighted by Gasteiger charge is 2.14. The van der Waals surface area contributed by atoms with E-state index in [2.05, 4.69) is 10.1 Å². The zero-order valence-corrected chi connectivity index (χ0v) is 12.8. The van der Waals surface area contributed by atoms with E-state index in [-0.39, 0.29) is 5.75 Å². The first-order valence-corrected chi connectivity index (χ1v) is 8.21. The second-order valence-electron chi connectivity index (χ2n) is 4.92. The molecule has 0 aliphatic rings. The number of benzene rings is 1. The van der Waals surface area contributed by atoms with Gasteiger partial charge in [0.2, 0.25) is 0 Å². The van der Waals surface area contributed by atoms with Crippen molar-refractivity contribution < 1.29 is 8.42 Å². The SMILES string of the molecule is Cc1cccc(S(=O)(=O)CCCn2nc(C)nc2C)c1. The van der Waals surface area contributed by atoms with Gasteiger partial charge in [-0.1, -0.05) is 12.1 Å². The Morgan fingerprint density at radius 3 is 2.55 bits per heavy atom. The van der Waals surface area contributed by atoms with E-state index >= 15 is 0 Å². The van der Waals surface area contributed by atoms with Gasteiger partial charge in [0.1, 0.15) is 11.6 Å². The smallest absolute Gasteiger partial charge is 0.178 e. The predicted octanol–water partition coefficient (Wildman–Crippen LogP) is 2.07. The third-order valence-corrected chi connectivity index (χ3v) is 4.89. The van der Waals surface area contributed by atoms with Crippen molar-refractivity contribution in [1.82, 2.24) is 14.8 Å². The van der Waals surface area contributed by atoms with Crippen molar-refractivity contribution in [3.05, 3.63) is 41.5 Å². The summed E-state index contributed by atoms with van der Waals surface area (Å²) < 4.78 is 26.2. The van der Waals surface area contributed by atoms with Crippen LogP contribution >= 0.6 is 0 Å². The fourth-order valence-corrected chi connectivity index (χ4v) is 3.50. The van der Waals surface area contributed by atoms with Gasteiger partial charge in [0.25, 0.3) is 0 Å². The summed E-state index contributed by atoms with van der Waals surface area (Å²) in [5, 5.41) is 4.23. The van der Waals surface area contributed by atoms with Crippen LogP contribution in [0.4, 0.5) is 0 Å². The molecule has 0 aliphatic carbocycles. The monoisotopic (exact) mass is 293 g/mol. The Labute approximate surface area is 119 Å². The van der Waals surface area contributed by atoms with Gasteiger partial charge in [-0.15, -0.1) is 0 Å². The van der Waals surface area contributed by atoms with Crippen LogP contribution in [0, 0.1) is 20.8 Å². The number of hydrogen-bond acceptors (Lipinski definition) is 4. The molecule has 2 rings (SSSR count). The molecule has 0 atom stereocenters. The van der Waals surface area contributed by atoms with Crippen LogP contribution in [0.5, 0.6) is 0 Å². The first-order valence-electron chi connectivity index (χ1n) is 6.56. The van der Waals surface area contributed by atoms with Gasteiger partial charge in [-0.2, -0.15) is 5.10 Å². The molecule has 0 radical (unpaired) electrons. The van der Waals surface area contributed by atoms with E-state index in [0.717, 1.165) is 11.4 Å². The van der Waals surface area contributed by atoms with Crippen molar-refractivity contribution in [3.63, 3.8) is 0 Å². The maximum Gasteiger partial charge on any atom is 0.178 e. The quantitative estimate of drug-likeness (QED) is 0.846. The minimum absolute atomic E-state index is 0.120. The molecule has 0 amide bonds. The molecular formula is C14H19N3O2S. The first kappa shape index (κ1) is 14.7. The van der Waals surface area contributed by atoms with Crippen molar-refractivity contribution in [3.8, 4) is 0 Å². The van der Waals surface area contributed by atoms with Crippen LogP contribution in [0.3, 0.4) is 0 Å². The molecule has 0 aliphatic heterocycles. The summed E-state index contributed by atoms with van der Waals surface area (Å²) in [6.07, 6.45) is 0.528. The minimum atomic E-state index is -3.22. The third-order valence-electron chi connectivity index (χ3n) is 3.09. The summed E-state index contributed by atoms with van der Waals surface area (Å²) in [6.45, 7) is 6.15. The number of aryl methyl sites for hydroxylation is 4. The van der Waals surface area contributed by atoms with E-state index in [4.69, 9.17) is 0 Å². The van der Waals surface area contributed by atoms with E-state index in [1.54, 1.807) is 22.9 Å². The molecule has 1 aromatic heterocycles. The molecular weight excluding hydrogens is 274 g/mol. The molecule has 6 heteroatoms. The van der Waals surface area contributed by atoms with Crippen LogP contribution in [-0.2, 0) is 16.4 Å². The average Bonchev–Trinajstić information content (AvgIpc) is 2.68. The molecule has 108 valence electrons. The Morgan fingerprint density at radius 2 is 1.95 bits per heavy atom. The molecule has 0 fully saturated rings. The zero-order chi connectivity index (χ0) is 14.8. The summed E-state index contributed by atoms with van der Waals surface area (Å²) >= 11 is 0. The molecule has 5 nitrogen and oxygen atoms in total. The Hall–Kier alpha value is -1.69. The molecule has 1 aromatic carbocycles. The van der Waals surface area contributed by atoms with Crippen molar-refractivity contribution >= 4 is 9.84 Å². The zero-order valence-electron chi connectivity index (χ0n) is 12.0. The molecule has 1 heterocycles. The Balaban J connectivity index is 2.01. The highest BCUT2D eigenvalue weighted by atomic mass is 32.2. The summed E-state index contributed by atoms with van der Waals surface area (Å²) in [5.74, 6) is 1.65. The lowest BCUT2D eigenvalue weighted by Gasteiger charge is -2.06. The Kier molecular flexibility index (Phi) is 4.23. The van der Waals surface area contributed by atoms with Crippen molar-refractivity contribution in [2.45, 2.75) is 38.6 Å². The summed E-state index contributed by atoms with van der Waals surface area (Å²) in [7, 11) is -3.22. The van der Waals surface area contributed by atoms with Crippen molar-refractivity contribution in [1.29, 1.82) is 0 Å². The van der Waals surface area contributed by atoms with Crippen LogP contribution in [0.2, 0.25) is 0 Å². The van der Waals surface area contributed by atoms with Crippen LogP contribution in [0.1, 0.15) is 23.6 Å². The summed E-state index contributed by atoms with van der Waals surface area (Å²) in [5.41, 5.74) is 0.953. The van der Waals surface area contributed by atoms with Crippen molar-refractivity contribution in [2.24, 2.45) is 0 Å². The van der Waals surface area contributed by atoms with E-state index in [1.807, 2.05) is 26.8 Å². The van der Waals surface area contributed by atoms with Crippen LogP contribution in [0.15, 0.2) is 29.2 Å². The molecule has 2 aromatic rings. The summed E-state index contributed by atoms with van der Waals surface area (Å²) in [4.78, 5) is 4.59. The highest BCUT2D eigenvalue weighted by molar-refractivity contribution is 7.91. The largest absolute Gasteiger partial charge is 0.250 e. The summed E-state index contributed by atoms with van der Waals surface area (Å²) in [6, 6.07) is 7.01. The lowest BCUT2D eigenvalue weighted by Crippen LogP contribution is -2.11. The van der Waals surface area contributed by atoms with Crippen LogP contribution < -0.4 is 0 Å². The lowest BCUT2D eigenvalue weighted by atomic mass is 10.2.